The quantitative estimate of drug-likeness (QED) is 0.773. The second-order valence-corrected chi connectivity index (χ2v) is 5.96. The summed E-state index contributed by atoms with van der Waals surface area (Å²) < 4.78 is 0. The highest BCUT2D eigenvalue weighted by atomic mass is 35.5. The summed E-state index contributed by atoms with van der Waals surface area (Å²) in [7, 11) is 0. The van der Waals surface area contributed by atoms with Crippen molar-refractivity contribution in [1.29, 1.82) is 0 Å². The Morgan fingerprint density at radius 3 is 2.72 bits per heavy atom. The van der Waals surface area contributed by atoms with Gasteiger partial charge in [-0.3, -0.25) is 0 Å². The maximum absolute atomic E-state index is 6.11. The molecule has 1 aromatic carbocycles. The van der Waals surface area contributed by atoms with Crippen molar-refractivity contribution in [1.82, 2.24) is 5.32 Å². The number of rotatable bonds is 6. The summed E-state index contributed by atoms with van der Waals surface area (Å²) in [5.41, 5.74) is 2.59. The minimum absolute atomic E-state index is 0.506. The van der Waals surface area contributed by atoms with Crippen LogP contribution >= 0.6 is 11.6 Å². The second-order valence-electron chi connectivity index (χ2n) is 5.55. The van der Waals surface area contributed by atoms with E-state index in [0.29, 0.717) is 6.04 Å². The first-order valence-electron chi connectivity index (χ1n) is 7.20. The average molecular weight is 266 g/mol. The van der Waals surface area contributed by atoms with Gasteiger partial charge in [-0.1, -0.05) is 49.9 Å². The predicted octanol–water partition coefficient (Wildman–Crippen LogP) is 4.88. The van der Waals surface area contributed by atoms with E-state index in [4.69, 9.17) is 11.6 Å². The maximum atomic E-state index is 6.11. The highest BCUT2D eigenvalue weighted by Crippen LogP contribution is 2.35. The van der Waals surface area contributed by atoms with E-state index in [2.05, 4.69) is 31.3 Å². The molecule has 2 rings (SSSR count). The molecular formula is C16H24ClN. The lowest BCUT2D eigenvalue weighted by atomic mass is 9.79. The number of hydrogen-bond acceptors (Lipinski definition) is 1. The molecule has 1 aliphatic rings. The molecule has 0 saturated heterocycles. The first-order valence-corrected chi connectivity index (χ1v) is 7.58. The van der Waals surface area contributed by atoms with Gasteiger partial charge in [0.25, 0.3) is 0 Å². The van der Waals surface area contributed by atoms with Crippen LogP contribution in [0.1, 0.15) is 56.2 Å². The molecule has 0 aromatic heterocycles. The minimum Gasteiger partial charge on any atom is -0.310 e. The fourth-order valence-corrected chi connectivity index (χ4v) is 2.72. The van der Waals surface area contributed by atoms with Crippen molar-refractivity contribution in [3.8, 4) is 0 Å². The highest BCUT2D eigenvalue weighted by Gasteiger charge is 2.22. The first-order chi connectivity index (χ1) is 8.70. The molecule has 1 aromatic rings. The third-order valence-corrected chi connectivity index (χ3v) is 4.44. The fraction of sp³-hybridized carbons (Fsp3) is 0.625. The molecule has 1 saturated carbocycles. The van der Waals surface area contributed by atoms with E-state index >= 15 is 0 Å². The number of halogens is 1. The SMILES string of the molecule is CCCNC(CC1CCC1)c1ccc(Cl)c(C)c1. The summed E-state index contributed by atoms with van der Waals surface area (Å²) in [6.07, 6.45) is 6.72. The van der Waals surface area contributed by atoms with Crippen molar-refractivity contribution in [3.05, 3.63) is 34.3 Å². The molecule has 100 valence electrons. The first kappa shape index (κ1) is 13.9. The Morgan fingerprint density at radius 1 is 1.39 bits per heavy atom. The molecular weight excluding hydrogens is 242 g/mol. The number of nitrogens with one attached hydrogen (secondary N) is 1. The van der Waals surface area contributed by atoms with Gasteiger partial charge in [0.2, 0.25) is 0 Å². The topological polar surface area (TPSA) is 12.0 Å². The summed E-state index contributed by atoms with van der Waals surface area (Å²) in [4.78, 5) is 0. The Morgan fingerprint density at radius 2 is 2.17 bits per heavy atom. The summed E-state index contributed by atoms with van der Waals surface area (Å²) in [6, 6.07) is 6.97. The van der Waals surface area contributed by atoms with Crippen LogP contribution in [0.15, 0.2) is 18.2 Å². The number of hydrogen-bond donors (Lipinski definition) is 1. The molecule has 0 bridgehead atoms. The molecule has 0 heterocycles. The summed E-state index contributed by atoms with van der Waals surface area (Å²) >= 11 is 6.11. The zero-order valence-electron chi connectivity index (χ0n) is 11.5. The van der Waals surface area contributed by atoms with Gasteiger partial charge in [0.1, 0.15) is 0 Å². The lowest BCUT2D eigenvalue weighted by molar-refractivity contribution is 0.261. The monoisotopic (exact) mass is 265 g/mol. The third kappa shape index (κ3) is 3.49. The molecule has 0 amide bonds. The van der Waals surface area contributed by atoms with Crippen LogP contribution in [0.2, 0.25) is 5.02 Å². The van der Waals surface area contributed by atoms with Gasteiger partial charge in [0.15, 0.2) is 0 Å². The molecule has 1 N–H and O–H groups in total. The van der Waals surface area contributed by atoms with Crippen LogP contribution in [0.3, 0.4) is 0 Å². The van der Waals surface area contributed by atoms with Crippen molar-refractivity contribution in [2.24, 2.45) is 5.92 Å². The molecule has 2 heteroatoms. The van der Waals surface area contributed by atoms with Crippen molar-refractivity contribution >= 4 is 11.6 Å². The summed E-state index contributed by atoms with van der Waals surface area (Å²) in [6.45, 7) is 5.41. The molecule has 1 atom stereocenters. The van der Waals surface area contributed by atoms with Crippen molar-refractivity contribution in [2.75, 3.05) is 6.54 Å². The van der Waals surface area contributed by atoms with Gasteiger partial charge < -0.3 is 5.32 Å². The molecule has 1 fully saturated rings. The Labute approximate surface area is 116 Å². The van der Waals surface area contributed by atoms with Gasteiger partial charge in [-0.2, -0.15) is 0 Å². The van der Waals surface area contributed by atoms with Gasteiger partial charge in [-0.05, 0) is 49.4 Å². The van der Waals surface area contributed by atoms with Crippen LogP contribution in [0.25, 0.3) is 0 Å². The van der Waals surface area contributed by atoms with Gasteiger partial charge >= 0.3 is 0 Å². The van der Waals surface area contributed by atoms with Crippen LogP contribution in [-0.2, 0) is 0 Å². The van der Waals surface area contributed by atoms with Crippen LogP contribution in [0.5, 0.6) is 0 Å². The number of aryl methyl sites for hydroxylation is 1. The Balaban J connectivity index is 2.07. The predicted molar refractivity (Wildman–Crippen MR) is 79.2 cm³/mol. The van der Waals surface area contributed by atoms with Crippen molar-refractivity contribution in [2.45, 2.75) is 52.0 Å². The molecule has 1 nitrogen and oxygen atoms in total. The number of benzene rings is 1. The fourth-order valence-electron chi connectivity index (χ4n) is 2.60. The summed E-state index contributed by atoms with van der Waals surface area (Å²) in [5.74, 6) is 0.926. The largest absolute Gasteiger partial charge is 0.310 e. The van der Waals surface area contributed by atoms with Gasteiger partial charge in [0.05, 0.1) is 0 Å². The van der Waals surface area contributed by atoms with E-state index in [1.807, 2.05) is 6.07 Å². The van der Waals surface area contributed by atoms with E-state index in [9.17, 15) is 0 Å². The molecule has 0 aliphatic heterocycles. The Hall–Kier alpha value is -0.530. The van der Waals surface area contributed by atoms with Gasteiger partial charge in [-0.15, -0.1) is 0 Å². The van der Waals surface area contributed by atoms with E-state index in [1.165, 1.54) is 43.2 Å². The molecule has 1 unspecified atom stereocenters. The van der Waals surface area contributed by atoms with Crippen molar-refractivity contribution < 1.29 is 0 Å². The smallest absolute Gasteiger partial charge is 0.0435 e. The van der Waals surface area contributed by atoms with E-state index in [1.54, 1.807) is 0 Å². The lowest BCUT2D eigenvalue weighted by Crippen LogP contribution is -2.26. The summed E-state index contributed by atoms with van der Waals surface area (Å²) in [5, 5.41) is 4.56. The third-order valence-electron chi connectivity index (χ3n) is 4.02. The zero-order chi connectivity index (χ0) is 13.0. The zero-order valence-corrected chi connectivity index (χ0v) is 12.3. The lowest BCUT2D eigenvalue weighted by Gasteiger charge is -2.30. The van der Waals surface area contributed by atoms with E-state index < -0.39 is 0 Å². The van der Waals surface area contributed by atoms with E-state index in [0.717, 1.165) is 17.5 Å². The molecule has 0 spiro atoms. The van der Waals surface area contributed by atoms with E-state index in [-0.39, 0.29) is 0 Å². The van der Waals surface area contributed by atoms with Crippen LogP contribution in [0, 0.1) is 12.8 Å². The average Bonchev–Trinajstić information content (AvgIpc) is 2.31. The van der Waals surface area contributed by atoms with Gasteiger partial charge in [0, 0.05) is 11.1 Å². The second kappa shape index (κ2) is 6.58. The van der Waals surface area contributed by atoms with Gasteiger partial charge in [-0.25, -0.2) is 0 Å². The molecule has 1 aliphatic carbocycles. The Bertz CT molecular complexity index is 385. The standard InChI is InChI=1S/C16H24ClN/c1-3-9-18-16(11-13-5-4-6-13)14-7-8-15(17)12(2)10-14/h7-8,10,13,16,18H,3-6,9,11H2,1-2H3. The van der Waals surface area contributed by atoms with Crippen LogP contribution in [0.4, 0.5) is 0 Å². The van der Waals surface area contributed by atoms with Crippen LogP contribution in [-0.4, -0.2) is 6.54 Å². The minimum atomic E-state index is 0.506. The van der Waals surface area contributed by atoms with Crippen LogP contribution < -0.4 is 5.32 Å². The van der Waals surface area contributed by atoms with Crippen molar-refractivity contribution in [3.63, 3.8) is 0 Å². The Kier molecular flexibility index (Phi) is 5.08. The maximum Gasteiger partial charge on any atom is 0.0435 e. The normalized spacial score (nSPS) is 17.5. The highest BCUT2D eigenvalue weighted by molar-refractivity contribution is 6.31. The molecule has 0 radical (unpaired) electrons. The molecule has 18 heavy (non-hydrogen) atoms.